The van der Waals surface area contributed by atoms with Gasteiger partial charge in [0.2, 0.25) is 0 Å². The fourth-order valence-corrected chi connectivity index (χ4v) is 2.41. The summed E-state index contributed by atoms with van der Waals surface area (Å²) in [5.74, 6) is 0.656. The van der Waals surface area contributed by atoms with Gasteiger partial charge in [-0.15, -0.1) is 0 Å². The van der Waals surface area contributed by atoms with E-state index in [1.165, 1.54) is 6.07 Å². The smallest absolute Gasteiger partial charge is 0.306 e. The van der Waals surface area contributed by atoms with Crippen molar-refractivity contribution in [1.29, 1.82) is 0 Å². The topological polar surface area (TPSA) is 54.0 Å². The Labute approximate surface area is 152 Å². The highest BCUT2D eigenvalue weighted by Gasteiger charge is 2.09. The van der Waals surface area contributed by atoms with Crippen LogP contribution in [-0.4, -0.2) is 26.8 Å². The molecule has 0 spiro atoms. The van der Waals surface area contributed by atoms with Crippen LogP contribution in [0.1, 0.15) is 24.5 Å². The van der Waals surface area contributed by atoms with Crippen LogP contribution in [0.3, 0.4) is 0 Å². The van der Waals surface area contributed by atoms with Gasteiger partial charge in [-0.2, -0.15) is 0 Å². The van der Waals surface area contributed by atoms with Gasteiger partial charge >= 0.3 is 5.97 Å². The van der Waals surface area contributed by atoms with Gasteiger partial charge < -0.3 is 18.9 Å². The highest BCUT2D eigenvalue weighted by Crippen LogP contribution is 2.25. The van der Waals surface area contributed by atoms with E-state index in [9.17, 15) is 9.18 Å². The molecule has 0 amide bonds. The molecule has 0 aliphatic rings. The van der Waals surface area contributed by atoms with Crippen molar-refractivity contribution in [3.63, 3.8) is 0 Å². The largest absolute Gasteiger partial charge is 0.497 e. The number of carbonyl (C=O) groups is 1. The predicted molar refractivity (Wildman–Crippen MR) is 95.2 cm³/mol. The molecule has 0 saturated heterocycles. The molecule has 0 heterocycles. The number of halogens is 1. The Balaban J connectivity index is 1.99. The molecule has 0 aliphatic heterocycles. The van der Waals surface area contributed by atoms with Crippen molar-refractivity contribution in [2.75, 3.05) is 20.8 Å². The maximum Gasteiger partial charge on any atom is 0.306 e. The van der Waals surface area contributed by atoms with Crippen LogP contribution in [0, 0.1) is 5.82 Å². The fourth-order valence-electron chi connectivity index (χ4n) is 2.41. The lowest BCUT2D eigenvalue weighted by atomic mass is 10.1. The third-order valence-corrected chi connectivity index (χ3v) is 3.72. The molecule has 0 fully saturated rings. The summed E-state index contributed by atoms with van der Waals surface area (Å²) in [7, 11) is 3.13. The van der Waals surface area contributed by atoms with Gasteiger partial charge in [-0.3, -0.25) is 4.79 Å². The van der Waals surface area contributed by atoms with Crippen LogP contribution >= 0.6 is 0 Å². The molecule has 2 aromatic carbocycles. The molecule has 0 atom stereocenters. The molecule has 0 radical (unpaired) electrons. The summed E-state index contributed by atoms with van der Waals surface area (Å²) in [4.78, 5) is 11.4. The number of esters is 1. The standard InChI is InChI=1S/C20H23FO5/c1-4-25-20(22)8-6-14-5-7-19(18(21)11-14)26-13-15-9-16(23-2)12-17(10-15)24-3/h5,7,9-12H,4,6,8,13H2,1-3H3. The zero-order valence-corrected chi connectivity index (χ0v) is 15.2. The fraction of sp³-hybridized carbons (Fsp3) is 0.350. The van der Waals surface area contributed by atoms with Crippen LogP contribution in [0.4, 0.5) is 4.39 Å². The summed E-state index contributed by atoms with van der Waals surface area (Å²) < 4.78 is 35.1. The Morgan fingerprint density at radius 1 is 1.00 bits per heavy atom. The molecular weight excluding hydrogens is 339 g/mol. The van der Waals surface area contributed by atoms with E-state index in [-0.39, 0.29) is 24.7 Å². The SMILES string of the molecule is CCOC(=O)CCc1ccc(OCc2cc(OC)cc(OC)c2)c(F)c1. The molecular formula is C20H23FO5. The molecule has 0 N–H and O–H groups in total. The van der Waals surface area contributed by atoms with Crippen molar-refractivity contribution >= 4 is 5.97 Å². The molecule has 0 aromatic heterocycles. The molecule has 5 nitrogen and oxygen atoms in total. The van der Waals surface area contributed by atoms with Gasteiger partial charge in [0, 0.05) is 12.5 Å². The van der Waals surface area contributed by atoms with Crippen LogP contribution in [0.25, 0.3) is 0 Å². The molecule has 6 heteroatoms. The first-order valence-corrected chi connectivity index (χ1v) is 8.34. The number of benzene rings is 2. The first-order valence-electron chi connectivity index (χ1n) is 8.34. The quantitative estimate of drug-likeness (QED) is 0.633. The second-order valence-corrected chi connectivity index (χ2v) is 5.58. The van der Waals surface area contributed by atoms with Gasteiger partial charge in [0.05, 0.1) is 20.8 Å². The minimum atomic E-state index is -0.471. The van der Waals surface area contributed by atoms with Gasteiger partial charge in [-0.05, 0) is 48.7 Å². The molecule has 2 aromatic rings. The van der Waals surface area contributed by atoms with Gasteiger partial charge in [0.1, 0.15) is 18.1 Å². The minimum absolute atomic E-state index is 0.145. The lowest BCUT2D eigenvalue weighted by Crippen LogP contribution is -2.05. The number of ether oxygens (including phenoxy) is 4. The third kappa shape index (κ3) is 5.65. The van der Waals surface area contributed by atoms with E-state index in [1.54, 1.807) is 51.5 Å². The van der Waals surface area contributed by atoms with Crippen LogP contribution < -0.4 is 14.2 Å². The Bertz CT molecular complexity index is 723. The lowest BCUT2D eigenvalue weighted by molar-refractivity contribution is -0.143. The van der Waals surface area contributed by atoms with E-state index >= 15 is 0 Å². The van der Waals surface area contributed by atoms with E-state index < -0.39 is 5.82 Å². The number of hydrogen-bond donors (Lipinski definition) is 0. The molecule has 2 rings (SSSR count). The molecule has 26 heavy (non-hydrogen) atoms. The van der Waals surface area contributed by atoms with Crippen molar-refractivity contribution in [2.45, 2.75) is 26.4 Å². The number of hydrogen-bond acceptors (Lipinski definition) is 5. The van der Waals surface area contributed by atoms with Gasteiger partial charge in [0.15, 0.2) is 11.6 Å². The lowest BCUT2D eigenvalue weighted by Gasteiger charge is -2.11. The predicted octanol–water partition coefficient (Wildman–Crippen LogP) is 3.92. The monoisotopic (exact) mass is 362 g/mol. The first-order chi connectivity index (χ1) is 12.5. The normalized spacial score (nSPS) is 10.3. The van der Waals surface area contributed by atoms with Crippen molar-refractivity contribution in [3.05, 3.63) is 53.3 Å². The summed E-state index contributed by atoms with van der Waals surface area (Å²) in [5.41, 5.74) is 1.51. The second kappa shape index (κ2) is 9.65. The average molecular weight is 362 g/mol. The maximum atomic E-state index is 14.2. The Morgan fingerprint density at radius 3 is 2.27 bits per heavy atom. The van der Waals surface area contributed by atoms with Crippen molar-refractivity contribution in [1.82, 2.24) is 0 Å². The van der Waals surface area contributed by atoms with Crippen molar-refractivity contribution in [2.24, 2.45) is 0 Å². The van der Waals surface area contributed by atoms with Gasteiger partial charge in [-0.25, -0.2) is 4.39 Å². The van der Waals surface area contributed by atoms with E-state index in [0.29, 0.717) is 30.1 Å². The minimum Gasteiger partial charge on any atom is -0.497 e. The average Bonchev–Trinajstić information content (AvgIpc) is 2.65. The summed E-state index contributed by atoms with van der Waals surface area (Å²) in [5, 5.41) is 0. The Morgan fingerprint density at radius 2 is 1.69 bits per heavy atom. The highest BCUT2D eigenvalue weighted by atomic mass is 19.1. The number of methoxy groups -OCH3 is 2. The van der Waals surface area contributed by atoms with E-state index in [4.69, 9.17) is 18.9 Å². The van der Waals surface area contributed by atoms with Crippen LogP contribution in [0.15, 0.2) is 36.4 Å². The summed E-state index contributed by atoms with van der Waals surface area (Å²) >= 11 is 0. The van der Waals surface area contributed by atoms with Crippen LogP contribution in [-0.2, 0) is 22.6 Å². The van der Waals surface area contributed by atoms with E-state index in [2.05, 4.69) is 0 Å². The summed E-state index contributed by atoms with van der Waals surface area (Å²) in [6.45, 7) is 2.27. The van der Waals surface area contributed by atoms with Crippen molar-refractivity contribution in [3.8, 4) is 17.2 Å². The van der Waals surface area contributed by atoms with Crippen LogP contribution in [0.5, 0.6) is 17.2 Å². The highest BCUT2D eigenvalue weighted by molar-refractivity contribution is 5.69. The molecule has 0 unspecified atom stereocenters. The zero-order valence-electron chi connectivity index (χ0n) is 15.2. The summed E-state index contributed by atoms with van der Waals surface area (Å²) in [6, 6.07) is 10.0. The van der Waals surface area contributed by atoms with E-state index in [0.717, 1.165) is 5.56 Å². The van der Waals surface area contributed by atoms with Gasteiger partial charge in [-0.1, -0.05) is 6.07 Å². The molecule has 0 bridgehead atoms. The zero-order chi connectivity index (χ0) is 18.9. The van der Waals surface area contributed by atoms with Crippen molar-refractivity contribution < 1.29 is 28.1 Å². The second-order valence-electron chi connectivity index (χ2n) is 5.58. The molecule has 0 aliphatic carbocycles. The number of rotatable bonds is 9. The Hall–Kier alpha value is -2.76. The van der Waals surface area contributed by atoms with Gasteiger partial charge in [0.25, 0.3) is 0 Å². The molecule has 0 saturated carbocycles. The first kappa shape index (κ1) is 19.6. The Kier molecular flexibility index (Phi) is 7.26. The third-order valence-electron chi connectivity index (χ3n) is 3.72. The number of carbonyl (C=O) groups excluding carboxylic acids is 1. The maximum absolute atomic E-state index is 14.2. The molecule has 140 valence electrons. The number of aryl methyl sites for hydroxylation is 1. The summed E-state index contributed by atoms with van der Waals surface area (Å²) in [6.07, 6.45) is 0.639. The van der Waals surface area contributed by atoms with E-state index in [1.807, 2.05) is 0 Å². The van der Waals surface area contributed by atoms with Crippen LogP contribution in [0.2, 0.25) is 0 Å².